The topological polar surface area (TPSA) is 30.2 Å². The average molecular weight is 242 g/mol. The minimum absolute atomic E-state index is 0.644. The molecule has 1 heterocycles. The molecule has 0 aliphatic carbocycles. The van der Waals surface area contributed by atoms with Gasteiger partial charge in [-0.25, -0.2) is 0 Å². The number of unbranched alkanes of at least 4 members (excludes halogenated alkanes) is 2. The van der Waals surface area contributed by atoms with Crippen molar-refractivity contribution in [2.24, 2.45) is 0 Å². The number of carbonyl (C=O) groups is 1. The van der Waals surface area contributed by atoms with Crippen molar-refractivity contribution >= 4 is 6.29 Å². The van der Waals surface area contributed by atoms with E-state index in [0.29, 0.717) is 6.42 Å². The fraction of sp³-hybridized carbons (Fsp3) is 0.312. The van der Waals surface area contributed by atoms with E-state index in [9.17, 15) is 4.79 Å². The van der Waals surface area contributed by atoms with Crippen LogP contribution in [0.25, 0.3) is 11.3 Å². The second kappa shape index (κ2) is 6.20. The molecular weight excluding hydrogens is 224 g/mol. The van der Waals surface area contributed by atoms with Crippen molar-refractivity contribution in [3.8, 4) is 11.3 Å². The predicted octanol–water partition coefficient (Wildman–Crippen LogP) is 4.17. The van der Waals surface area contributed by atoms with Gasteiger partial charge in [-0.15, -0.1) is 0 Å². The molecule has 2 rings (SSSR count). The number of benzene rings is 1. The molecule has 1 aromatic heterocycles. The second-order valence-corrected chi connectivity index (χ2v) is 4.50. The molecule has 0 aliphatic heterocycles. The molecule has 2 nitrogen and oxygen atoms in total. The molecule has 18 heavy (non-hydrogen) atoms. The van der Waals surface area contributed by atoms with Crippen LogP contribution in [0.1, 0.15) is 30.6 Å². The first-order valence-electron chi connectivity index (χ1n) is 6.39. The zero-order valence-corrected chi connectivity index (χ0v) is 10.7. The van der Waals surface area contributed by atoms with E-state index in [-0.39, 0.29) is 0 Å². The predicted molar refractivity (Wildman–Crippen MR) is 72.5 cm³/mol. The Morgan fingerprint density at radius 2 is 1.94 bits per heavy atom. The largest absolute Gasteiger partial charge is 0.461 e. The van der Waals surface area contributed by atoms with Crippen LogP contribution in [0.4, 0.5) is 0 Å². The molecular formula is C16H18O2. The Labute approximate surface area is 108 Å². The summed E-state index contributed by atoms with van der Waals surface area (Å²) in [6.07, 6.45) is 4.47. The van der Waals surface area contributed by atoms with Crippen LogP contribution < -0.4 is 0 Å². The van der Waals surface area contributed by atoms with Gasteiger partial charge in [-0.3, -0.25) is 0 Å². The molecule has 0 amide bonds. The fourth-order valence-corrected chi connectivity index (χ4v) is 2.03. The van der Waals surface area contributed by atoms with E-state index in [0.717, 1.165) is 42.6 Å². The van der Waals surface area contributed by atoms with Gasteiger partial charge in [-0.05, 0) is 31.4 Å². The van der Waals surface area contributed by atoms with Crippen LogP contribution in [0, 0.1) is 6.92 Å². The summed E-state index contributed by atoms with van der Waals surface area (Å²) >= 11 is 0. The van der Waals surface area contributed by atoms with Gasteiger partial charge < -0.3 is 9.21 Å². The Morgan fingerprint density at radius 3 is 2.67 bits per heavy atom. The van der Waals surface area contributed by atoms with Gasteiger partial charge in [0.15, 0.2) is 0 Å². The molecule has 0 saturated carbocycles. The van der Waals surface area contributed by atoms with Gasteiger partial charge in [0.05, 0.1) is 0 Å². The first kappa shape index (κ1) is 12.6. The molecule has 0 radical (unpaired) electrons. The van der Waals surface area contributed by atoms with Gasteiger partial charge in [0, 0.05) is 18.4 Å². The highest BCUT2D eigenvalue weighted by atomic mass is 16.3. The van der Waals surface area contributed by atoms with E-state index in [1.807, 2.05) is 18.2 Å². The van der Waals surface area contributed by atoms with Crippen LogP contribution in [0.2, 0.25) is 0 Å². The van der Waals surface area contributed by atoms with Gasteiger partial charge in [-0.1, -0.05) is 30.3 Å². The molecule has 0 saturated heterocycles. The number of aryl methyl sites for hydroxylation is 2. The molecule has 0 spiro atoms. The lowest BCUT2D eigenvalue weighted by Gasteiger charge is -1.98. The highest BCUT2D eigenvalue weighted by molar-refractivity contribution is 5.58. The van der Waals surface area contributed by atoms with Gasteiger partial charge in [-0.2, -0.15) is 0 Å². The summed E-state index contributed by atoms with van der Waals surface area (Å²) < 4.78 is 5.89. The SMILES string of the molecule is Cc1cc(-c2ccccc2)oc1CCCCC=O. The first-order chi connectivity index (χ1) is 8.81. The number of aldehydes is 1. The van der Waals surface area contributed by atoms with E-state index in [4.69, 9.17) is 4.42 Å². The molecule has 94 valence electrons. The first-order valence-corrected chi connectivity index (χ1v) is 6.39. The second-order valence-electron chi connectivity index (χ2n) is 4.50. The molecule has 0 bridgehead atoms. The third-order valence-electron chi connectivity index (χ3n) is 3.05. The maximum absolute atomic E-state index is 10.2. The standard InChI is InChI=1S/C16H18O2/c1-13-12-16(14-8-4-2-5-9-14)18-15(13)10-6-3-7-11-17/h2,4-5,8-9,11-12H,3,6-7,10H2,1H3. The summed E-state index contributed by atoms with van der Waals surface area (Å²) in [6, 6.07) is 12.2. The number of hydrogen-bond donors (Lipinski definition) is 0. The molecule has 0 atom stereocenters. The Morgan fingerprint density at radius 1 is 1.17 bits per heavy atom. The molecule has 0 aliphatic rings. The van der Waals surface area contributed by atoms with Crippen LogP contribution in [0.5, 0.6) is 0 Å². The van der Waals surface area contributed by atoms with Crippen molar-refractivity contribution < 1.29 is 9.21 Å². The smallest absolute Gasteiger partial charge is 0.134 e. The summed E-state index contributed by atoms with van der Waals surface area (Å²) in [4.78, 5) is 10.2. The fourth-order valence-electron chi connectivity index (χ4n) is 2.03. The van der Waals surface area contributed by atoms with Gasteiger partial charge in [0.25, 0.3) is 0 Å². The third-order valence-corrected chi connectivity index (χ3v) is 3.05. The maximum atomic E-state index is 10.2. The van der Waals surface area contributed by atoms with Gasteiger partial charge >= 0.3 is 0 Å². The quantitative estimate of drug-likeness (QED) is 0.562. The molecule has 1 aromatic carbocycles. The van der Waals surface area contributed by atoms with Crippen LogP contribution in [-0.4, -0.2) is 6.29 Å². The summed E-state index contributed by atoms with van der Waals surface area (Å²) in [5, 5.41) is 0. The van der Waals surface area contributed by atoms with Crippen molar-refractivity contribution in [3.63, 3.8) is 0 Å². The molecule has 0 unspecified atom stereocenters. The van der Waals surface area contributed by atoms with Gasteiger partial charge in [0.2, 0.25) is 0 Å². The highest BCUT2D eigenvalue weighted by Gasteiger charge is 2.08. The van der Waals surface area contributed by atoms with Crippen LogP contribution in [0.15, 0.2) is 40.8 Å². The Hall–Kier alpha value is -1.83. The zero-order chi connectivity index (χ0) is 12.8. The number of rotatable bonds is 6. The average Bonchev–Trinajstić information content (AvgIpc) is 2.77. The monoisotopic (exact) mass is 242 g/mol. The van der Waals surface area contributed by atoms with Crippen molar-refractivity contribution in [3.05, 3.63) is 47.7 Å². The lowest BCUT2D eigenvalue weighted by Crippen LogP contribution is -1.86. The number of hydrogen-bond acceptors (Lipinski definition) is 2. The summed E-state index contributed by atoms with van der Waals surface area (Å²) in [5.74, 6) is 1.97. The molecule has 0 fully saturated rings. The minimum atomic E-state index is 0.644. The Kier molecular flexibility index (Phi) is 4.35. The van der Waals surface area contributed by atoms with E-state index in [1.165, 1.54) is 5.56 Å². The van der Waals surface area contributed by atoms with E-state index in [2.05, 4.69) is 25.1 Å². The van der Waals surface area contributed by atoms with Crippen molar-refractivity contribution in [2.75, 3.05) is 0 Å². The molecule has 0 N–H and O–H groups in total. The number of carbonyl (C=O) groups excluding carboxylic acids is 1. The molecule has 2 heteroatoms. The lowest BCUT2D eigenvalue weighted by molar-refractivity contribution is -0.107. The summed E-state index contributed by atoms with van der Waals surface area (Å²) in [6.45, 7) is 2.07. The van der Waals surface area contributed by atoms with Crippen molar-refractivity contribution in [1.29, 1.82) is 0 Å². The third kappa shape index (κ3) is 3.10. The van der Waals surface area contributed by atoms with Gasteiger partial charge in [0.1, 0.15) is 17.8 Å². The van der Waals surface area contributed by atoms with E-state index >= 15 is 0 Å². The minimum Gasteiger partial charge on any atom is -0.461 e. The lowest BCUT2D eigenvalue weighted by atomic mass is 10.1. The Bertz CT molecular complexity index is 497. The van der Waals surface area contributed by atoms with Crippen LogP contribution in [-0.2, 0) is 11.2 Å². The normalized spacial score (nSPS) is 10.5. The highest BCUT2D eigenvalue weighted by Crippen LogP contribution is 2.26. The summed E-state index contributed by atoms with van der Waals surface area (Å²) in [5.41, 5.74) is 2.31. The van der Waals surface area contributed by atoms with Crippen molar-refractivity contribution in [1.82, 2.24) is 0 Å². The maximum Gasteiger partial charge on any atom is 0.134 e. The summed E-state index contributed by atoms with van der Waals surface area (Å²) in [7, 11) is 0. The Balaban J connectivity index is 2.05. The zero-order valence-electron chi connectivity index (χ0n) is 10.7. The van der Waals surface area contributed by atoms with E-state index < -0.39 is 0 Å². The van der Waals surface area contributed by atoms with Crippen LogP contribution >= 0.6 is 0 Å². The van der Waals surface area contributed by atoms with Crippen LogP contribution in [0.3, 0.4) is 0 Å². The number of furan rings is 1. The van der Waals surface area contributed by atoms with E-state index in [1.54, 1.807) is 0 Å². The molecule has 2 aromatic rings. The van der Waals surface area contributed by atoms with Crippen molar-refractivity contribution in [2.45, 2.75) is 32.6 Å².